The van der Waals surface area contributed by atoms with Gasteiger partial charge in [-0.3, -0.25) is 0 Å². The summed E-state index contributed by atoms with van der Waals surface area (Å²) < 4.78 is 0. The molecule has 2 N–H and O–H groups in total. The molecule has 23 heavy (non-hydrogen) atoms. The Hall–Kier alpha value is -0.410. The van der Waals surface area contributed by atoms with Crippen LogP contribution in [0.5, 0.6) is 0 Å². The smallest absolute Gasteiger partial charge is 0.191 e. The van der Waals surface area contributed by atoms with Gasteiger partial charge in [0, 0.05) is 36.8 Å². The van der Waals surface area contributed by atoms with Crippen LogP contribution in [-0.4, -0.2) is 48.1 Å². The van der Waals surface area contributed by atoms with E-state index in [0.29, 0.717) is 12.6 Å². The van der Waals surface area contributed by atoms with Gasteiger partial charge in [-0.25, -0.2) is 9.98 Å². The predicted molar refractivity (Wildman–Crippen MR) is 110 cm³/mol. The van der Waals surface area contributed by atoms with E-state index in [1.165, 1.54) is 43.8 Å². The number of halogens is 1. The summed E-state index contributed by atoms with van der Waals surface area (Å²) in [6.45, 7) is 11.6. The highest BCUT2D eigenvalue weighted by Crippen LogP contribution is 2.13. The monoisotopic (exact) mass is 451 g/mol. The van der Waals surface area contributed by atoms with Gasteiger partial charge in [0.25, 0.3) is 0 Å². The Morgan fingerprint density at radius 1 is 1.39 bits per heavy atom. The van der Waals surface area contributed by atoms with E-state index in [-0.39, 0.29) is 24.0 Å². The Balaban J connectivity index is 0.00000264. The van der Waals surface area contributed by atoms with Crippen LogP contribution >= 0.6 is 35.3 Å². The second-order valence-corrected chi connectivity index (χ2v) is 7.12. The number of hydrogen-bond donors (Lipinski definition) is 2. The van der Waals surface area contributed by atoms with Crippen LogP contribution in [0.4, 0.5) is 0 Å². The maximum absolute atomic E-state index is 4.70. The fourth-order valence-electron chi connectivity index (χ4n) is 2.77. The summed E-state index contributed by atoms with van der Waals surface area (Å²) in [6.07, 6.45) is 5.57. The molecule has 0 aliphatic carbocycles. The minimum atomic E-state index is 0. The number of aromatic nitrogens is 1. The molecular formula is C16H30IN5S. The molecule has 0 unspecified atom stereocenters. The third-order valence-electron chi connectivity index (χ3n) is 3.87. The third kappa shape index (κ3) is 7.34. The topological polar surface area (TPSA) is 52.5 Å². The minimum Gasteiger partial charge on any atom is -0.357 e. The van der Waals surface area contributed by atoms with Crippen LogP contribution in [-0.2, 0) is 6.54 Å². The number of aryl methyl sites for hydroxylation is 1. The van der Waals surface area contributed by atoms with Crippen molar-refractivity contribution in [1.29, 1.82) is 0 Å². The number of piperidine rings is 1. The highest BCUT2D eigenvalue weighted by atomic mass is 127. The highest BCUT2D eigenvalue weighted by molar-refractivity contribution is 14.0. The molecule has 2 rings (SSSR count). The first kappa shape index (κ1) is 20.6. The molecular weight excluding hydrogens is 421 g/mol. The van der Waals surface area contributed by atoms with Gasteiger partial charge in [-0.1, -0.05) is 6.92 Å². The van der Waals surface area contributed by atoms with E-state index in [9.17, 15) is 0 Å². The van der Waals surface area contributed by atoms with Crippen LogP contribution in [0.1, 0.15) is 43.0 Å². The fourth-order valence-corrected chi connectivity index (χ4v) is 3.49. The van der Waals surface area contributed by atoms with Gasteiger partial charge in [0.05, 0.1) is 11.6 Å². The van der Waals surface area contributed by atoms with Crippen molar-refractivity contribution in [3.05, 3.63) is 16.1 Å². The van der Waals surface area contributed by atoms with E-state index >= 15 is 0 Å². The van der Waals surface area contributed by atoms with Gasteiger partial charge in [0.2, 0.25) is 0 Å². The molecule has 0 atom stereocenters. The van der Waals surface area contributed by atoms with E-state index in [0.717, 1.165) is 17.5 Å². The lowest BCUT2D eigenvalue weighted by Gasteiger charge is -2.32. The summed E-state index contributed by atoms with van der Waals surface area (Å²) in [5.74, 6) is 0.933. The zero-order valence-corrected chi connectivity index (χ0v) is 17.6. The van der Waals surface area contributed by atoms with Crippen molar-refractivity contribution in [3.63, 3.8) is 0 Å². The van der Waals surface area contributed by atoms with Crippen molar-refractivity contribution < 1.29 is 0 Å². The maximum Gasteiger partial charge on any atom is 0.191 e. The Morgan fingerprint density at radius 2 is 2.13 bits per heavy atom. The molecule has 0 bridgehead atoms. The summed E-state index contributed by atoms with van der Waals surface area (Å²) in [5.41, 5.74) is 0. The number of thiazole rings is 1. The summed E-state index contributed by atoms with van der Waals surface area (Å²) in [7, 11) is 0. The van der Waals surface area contributed by atoms with Crippen molar-refractivity contribution in [2.24, 2.45) is 4.99 Å². The van der Waals surface area contributed by atoms with Crippen LogP contribution in [0.2, 0.25) is 0 Å². The molecule has 132 valence electrons. The van der Waals surface area contributed by atoms with Gasteiger partial charge in [-0.15, -0.1) is 35.3 Å². The van der Waals surface area contributed by atoms with Crippen LogP contribution in [0.3, 0.4) is 0 Å². The van der Waals surface area contributed by atoms with E-state index in [4.69, 9.17) is 4.99 Å². The molecule has 1 aliphatic rings. The van der Waals surface area contributed by atoms with E-state index in [2.05, 4.69) is 34.4 Å². The Morgan fingerprint density at radius 3 is 2.70 bits per heavy atom. The zero-order chi connectivity index (χ0) is 15.8. The molecule has 0 aromatic carbocycles. The zero-order valence-electron chi connectivity index (χ0n) is 14.5. The standard InChI is InChI=1S/C16H29N5S.HI/c1-4-8-21-9-6-14(7-10-21)20-16(17-5-2)19-12-15-11-18-13(3)22-15;/h11,14H,4-10,12H2,1-3H3,(H2,17,19,20);1H. The lowest BCUT2D eigenvalue weighted by Crippen LogP contribution is -2.48. The van der Waals surface area contributed by atoms with Gasteiger partial charge in [0.15, 0.2) is 5.96 Å². The molecule has 1 aromatic heterocycles. The number of hydrogen-bond acceptors (Lipinski definition) is 4. The second-order valence-electron chi connectivity index (χ2n) is 5.80. The Bertz CT molecular complexity index is 469. The quantitative estimate of drug-likeness (QED) is 0.397. The average Bonchev–Trinajstić information content (AvgIpc) is 2.93. The van der Waals surface area contributed by atoms with Crippen molar-refractivity contribution in [1.82, 2.24) is 20.5 Å². The first-order valence-electron chi connectivity index (χ1n) is 8.39. The molecule has 1 aromatic rings. The van der Waals surface area contributed by atoms with Gasteiger partial charge in [-0.05, 0) is 39.7 Å². The van der Waals surface area contributed by atoms with Gasteiger partial charge in [0.1, 0.15) is 0 Å². The van der Waals surface area contributed by atoms with Crippen LogP contribution in [0.15, 0.2) is 11.2 Å². The third-order valence-corrected chi connectivity index (χ3v) is 4.77. The molecule has 0 saturated carbocycles. The lowest BCUT2D eigenvalue weighted by molar-refractivity contribution is 0.206. The lowest BCUT2D eigenvalue weighted by atomic mass is 10.1. The molecule has 5 nitrogen and oxygen atoms in total. The molecule has 2 heterocycles. The average molecular weight is 451 g/mol. The molecule has 1 saturated heterocycles. The molecule has 0 spiro atoms. The fraction of sp³-hybridized carbons (Fsp3) is 0.750. The van der Waals surface area contributed by atoms with E-state index < -0.39 is 0 Å². The van der Waals surface area contributed by atoms with Crippen LogP contribution < -0.4 is 10.6 Å². The largest absolute Gasteiger partial charge is 0.357 e. The highest BCUT2D eigenvalue weighted by Gasteiger charge is 2.19. The summed E-state index contributed by atoms with van der Waals surface area (Å²) in [6, 6.07) is 0.536. The van der Waals surface area contributed by atoms with Gasteiger partial charge in [-0.2, -0.15) is 0 Å². The summed E-state index contributed by atoms with van der Waals surface area (Å²) in [4.78, 5) is 12.8. The van der Waals surface area contributed by atoms with Crippen molar-refractivity contribution in [2.75, 3.05) is 26.2 Å². The minimum absolute atomic E-state index is 0. The molecule has 1 aliphatic heterocycles. The number of likely N-dealkylation sites (tertiary alicyclic amines) is 1. The van der Waals surface area contributed by atoms with Gasteiger partial charge >= 0.3 is 0 Å². The first-order valence-corrected chi connectivity index (χ1v) is 9.21. The summed E-state index contributed by atoms with van der Waals surface area (Å²) in [5, 5.41) is 8.05. The Kier molecular flexibility index (Phi) is 10.0. The number of rotatable bonds is 6. The molecule has 7 heteroatoms. The van der Waals surface area contributed by atoms with E-state index in [1.807, 2.05) is 13.1 Å². The van der Waals surface area contributed by atoms with Gasteiger partial charge < -0.3 is 15.5 Å². The van der Waals surface area contributed by atoms with E-state index in [1.54, 1.807) is 11.3 Å². The predicted octanol–water partition coefficient (Wildman–Crippen LogP) is 3.00. The first-order chi connectivity index (χ1) is 10.7. The number of nitrogens with zero attached hydrogens (tertiary/aromatic N) is 3. The Labute approximate surface area is 161 Å². The number of guanidine groups is 1. The SMILES string of the molecule is CCCN1CCC(NC(=NCc2cnc(C)s2)NCC)CC1.I. The van der Waals surface area contributed by atoms with Crippen molar-refractivity contribution in [3.8, 4) is 0 Å². The van der Waals surface area contributed by atoms with Crippen LogP contribution in [0, 0.1) is 6.92 Å². The number of aliphatic imine (C=N–C) groups is 1. The molecule has 0 radical (unpaired) electrons. The molecule has 1 fully saturated rings. The number of nitrogens with one attached hydrogen (secondary N) is 2. The summed E-state index contributed by atoms with van der Waals surface area (Å²) >= 11 is 1.72. The normalized spacial score (nSPS) is 16.9. The maximum atomic E-state index is 4.70. The van der Waals surface area contributed by atoms with Crippen molar-refractivity contribution >= 4 is 41.3 Å². The van der Waals surface area contributed by atoms with Crippen molar-refractivity contribution in [2.45, 2.75) is 52.6 Å². The van der Waals surface area contributed by atoms with Crippen LogP contribution in [0.25, 0.3) is 0 Å². The molecule has 0 amide bonds. The second kappa shape index (κ2) is 11.2.